The van der Waals surface area contributed by atoms with Crippen molar-refractivity contribution in [2.24, 2.45) is 11.3 Å². The van der Waals surface area contributed by atoms with Crippen LogP contribution in [0.2, 0.25) is 0 Å². The van der Waals surface area contributed by atoms with Crippen LogP contribution in [-0.2, 0) is 0 Å². The normalized spacial score (nSPS) is 20.9. The zero-order valence-electron chi connectivity index (χ0n) is 15.6. The van der Waals surface area contributed by atoms with Crippen LogP contribution in [-0.4, -0.2) is 62.7 Å². The second-order valence-corrected chi connectivity index (χ2v) is 8.33. The van der Waals surface area contributed by atoms with Crippen molar-refractivity contribution >= 4 is 0 Å². The Morgan fingerprint density at radius 1 is 1.19 bits per heavy atom. The van der Waals surface area contributed by atoms with Gasteiger partial charge < -0.3 is 15.1 Å². The average molecular weight is 298 g/mol. The molecule has 1 atom stereocenters. The molecule has 0 saturated heterocycles. The average Bonchev–Trinajstić information content (AvgIpc) is 2.32. The van der Waals surface area contributed by atoms with E-state index >= 15 is 0 Å². The zero-order chi connectivity index (χ0) is 16.1. The van der Waals surface area contributed by atoms with Crippen LogP contribution in [0.5, 0.6) is 0 Å². The van der Waals surface area contributed by atoms with E-state index in [1.54, 1.807) is 0 Å². The van der Waals surface area contributed by atoms with Gasteiger partial charge in [-0.1, -0.05) is 27.7 Å². The maximum Gasteiger partial charge on any atom is 0.0330 e. The van der Waals surface area contributed by atoms with Crippen molar-refractivity contribution in [2.45, 2.75) is 58.9 Å². The lowest BCUT2D eigenvalue weighted by molar-refractivity contribution is 0.0168. The highest BCUT2D eigenvalue weighted by molar-refractivity contribution is 4.98. The first-order valence-electron chi connectivity index (χ1n) is 8.80. The summed E-state index contributed by atoms with van der Waals surface area (Å²) in [5, 5.41) is 3.66. The Morgan fingerprint density at radius 3 is 2.19 bits per heavy atom. The van der Waals surface area contributed by atoms with Gasteiger partial charge in [-0.3, -0.25) is 0 Å². The molecule has 1 N–H and O–H groups in total. The maximum absolute atomic E-state index is 3.66. The summed E-state index contributed by atoms with van der Waals surface area (Å²) in [4.78, 5) is 5.02. The molecule has 21 heavy (non-hydrogen) atoms. The summed E-state index contributed by atoms with van der Waals surface area (Å²) in [6.07, 6.45) is 5.35. The second kappa shape index (κ2) is 7.94. The fourth-order valence-corrected chi connectivity index (χ4v) is 3.50. The molecule has 1 saturated carbocycles. The van der Waals surface area contributed by atoms with Crippen molar-refractivity contribution in [3.05, 3.63) is 0 Å². The predicted molar refractivity (Wildman–Crippen MR) is 93.9 cm³/mol. The zero-order valence-corrected chi connectivity index (χ0v) is 15.6. The summed E-state index contributed by atoms with van der Waals surface area (Å²) >= 11 is 0. The number of likely N-dealkylation sites (N-methyl/N-ethyl adjacent to an activating group) is 2. The first kappa shape index (κ1) is 18.9. The molecular formula is C18H39N3. The summed E-state index contributed by atoms with van der Waals surface area (Å²) in [6.45, 7) is 14.0. The molecule has 0 heterocycles. The topological polar surface area (TPSA) is 18.5 Å². The number of nitrogens with one attached hydrogen (secondary N) is 1. The molecule has 1 rings (SSSR count). The number of nitrogens with zero attached hydrogens (tertiary/aromatic N) is 2. The van der Waals surface area contributed by atoms with Gasteiger partial charge in [0.15, 0.2) is 0 Å². The van der Waals surface area contributed by atoms with Crippen molar-refractivity contribution in [1.29, 1.82) is 0 Å². The van der Waals surface area contributed by atoms with Crippen LogP contribution in [0.15, 0.2) is 0 Å². The molecule has 0 bridgehead atoms. The van der Waals surface area contributed by atoms with Crippen molar-refractivity contribution in [3.63, 3.8) is 0 Å². The summed E-state index contributed by atoms with van der Waals surface area (Å²) in [7, 11) is 6.80. The monoisotopic (exact) mass is 297 g/mol. The van der Waals surface area contributed by atoms with Gasteiger partial charge >= 0.3 is 0 Å². The van der Waals surface area contributed by atoms with Crippen LogP contribution in [0.25, 0.3) is 0 Å². The van der Waals surface area contributed by atoms with Gasteiger partial charge in [0, 0.05) is 25.2 Å². The van der Waals surface area contributed by atoms with E-state index in [1.807, 2.05) is 0 Å². The van der Waals surface area contributed by atoms with Crippen LogP contribution in [0.1, 0.15) is 53.4 Å². The van der Waals surface area contributed by atoms with Gasteiger partial charge in [-0.15, -0.1) is 0 Å². The lowest BCUT2D eigenvalue weighted by Crippen LogP contribution is -2.57. The van der Waals surface area contributed by atoms with Crippen molar-refractivity contribution in [1.82, 2.24) is 15.1 Å². The lowest BCUT2D eigenvalue weighted by atomic mass is 9.75. The number of hydrogen-bond acceptors (Lipinski definition) is 3. The molecule has 1 unspecified atom stereocenters. The predicted octanol–water partition coefficient (Wildman–Crippen LogP) is 3.06. The Hall–Kier alpha value is -0.120. The number of rotatable bonds is 10. The fourth-order valence-electron chi connectivity index (χ4n) is 3.50. The Labute approximate surface area is 133 Å². The molecule has 0 aromatic rings. The molecule has 1 aliphatic rings. The summed E-state index contributed by atoms with van der Waals surface area (Å²) in [5.74, 6) is 0.732. The Morgan fingerprint density at radius 2 is 1.81 bits per heavy atom. The molecule has 0 radical (unpaired) electrons. The Kier molecular flexibility index (Phi) is 7.15. The van der Waals surface area contributed by atoms with Crippen molar-refractivity contribution < 1.29 is 0 Å². The van der Waals surface area contributed by atoms with E-state index in [-0.39, 0.29) is 0 Å². The minimum atomic E-state index is 0.376. The molecule has 1 fully saturated rings. The number of hydrogen-bond donors (Lipinski definition) is 1. The maximum atomic E-state index is 3.66. The van der Waals surface area contributed by atoms with Crippen LogP contribution >= 0.6 is 0 Å². The second-order valence-electron chi connectivity index (χ2n) is 8.33. The van der Waals surface area contributed by atoms with Gasteiger partial charge in [-0.05, 0) is 64.7 Å². The highest BCUT2D eigenvalue weighted by Crippen LogP contribution is 2.37. The quantitative estimate of drug-likeness (QED) is 0.668. The summed E-state index contributed by atoms with van der Waals surface area (Å²) in [5.41, 5.74) is 0.815. The SMILES string of the molecule is CCC(C)(CNCC(C)C)CN(C)CC1(N(C)C)CCC1. The van der Waals surface area contributed by atoms with E-state index in [9.17, 15) is 0 Å². The third kappa shape index (κ3) is 5.54. The van der Waals surface area contributed by atoms with E-state index in [0.29, 0.717) is 11.0 Å². The van der Waals surface area contributed by atoms with Crippen LogP contribution in [0, 0.1) is 11.3 Å². The molecule has 0 aromatic heterocycles. The van der Waals surface area contributed by atoms with Crippen LogP contribution < -0.4 is 5.32 Å². The van der Waals surface area contributed by atoms with Gasteiger partial charge in [-0.2, -0.15) is 0 Å². The van der Waals surface area contributed by atoms with E-state index in [4.69, 9.17) is 0 Å². The molecule has 0 aliphatic heterocycles. The Balaban J connectivity index is 2.47. The highest BCUT2D eigenvalue weighted by Gasteiger charge is 2.40. The minimum absolute atomic E-state index is 0.376. The molecule has 126 valence electrons. The van der Waals surface area contributed by atoms with E-state index in [0.717, 1.165) is 19.0 Å². The highest BCUT2D eigenvalue weighted by atomic mass is 15.2. The standard InChI is InChI=1S/C18H39N3/c1-8-17(4,13-19-12-16(2)3)14-21(7)15-18(20(5)6)10-9-11-18/h16,19H,8-15H2,1-7H3. The van der Waals surface area contributed by atoms with E-state index < -0.39 is 0 Å². The van der Waals surface area contributed by atoms with Crippen molar-refractivity contribution in [3.8, 4) is 0 Å². The molecule has 0 spiro atoms. The van der Waals surface area contributed by atoms with Crippen LogP contribution in [0.3, 0.4) is 0 Å². The lowest BCUT2D eigenvalue weighted by Gasteiger charge is -2.50. The molecule has 0 amide bonds. The minimum Gasteiger partial charge on any atom is -0.316 e. The molecule has 1 aliphatic carbocycles. The molecule has 3 nitrogen and oxygen atoms in total. The summed E-state index contributed by atoms with van der Waals surface area (Å²) < 4.78 is 0. The van der Waals surface area contributed by atoms with E-state index in [1.165, 1.54) is 38.8 Å². The largest absolute Gasteiger partial charge is 0.316 e. The first-order chi connectivity index (χ1) is 9.73. The van der Waals surface area contributed by atoms with Gasteiger partial charge in [0.2, 0.25) is 0 Å². The van der Waals surface area contributed by atoms with Gasteiger partial charge in [0.1, 0.15) is 0 Å². The van der Waals surface area contributed by atoms with Gasteiger partial charge in [0.05, 0.1) is 0 Å². The molecular weight excluding hydrogens is 258 g/mol. The smallest absolute Gasteiger partial charge is 0.0330 e. The fraction of sp³-hybridized carbons (Fsp3) is 1.00. The van der Waals surface area contributed by atoms with Gasteiger partial charge in [-0.25, -0.2) is 0 Å². The third-order valence-electron chi connectivity index (χ3n) is 5.41. The van der Waals surface area contributed by atoms with Crippen molar-refractivity contribution in [2.75, 3.05) is 47.3 Å². The third-order valence-corrected chi connectivity index (χ3v) is 5.41. The molecule has 0 aromatic carbocycles. The van der Waals surface area contributed by atoms with Gasteiger partial charge in [0.25, 0.3) is 0 Å². The molecule has 3 heteroatoms. The van der Waals surface area contributed by atoms with Crippen LogP contribution in [0.4, 0.5) is 0 Å². The van der Waals surface area contributed by atoms with E-state index in [2.05, 4.69) is 64.0 Å². The first-order valence-corrected chi connectivity index (χ1v) is 8.80. The Bertz CT molecular complexity index is 297. The summed E-state index contributed by atoms with van der Waals surface area (Å²) in [6, 6.07) is 0.